The summed E-state index contributed by atoms with van der Waals surface area (Å²) in [7, 11) is -3.55. The van der Waals surface area contributed by atoms with Gasteiger partial charge in [0.15, 0.2) is 0 Å². The normalized spacial score (nSPS) is 11.2. The SMILES string of the molecule is NS(=O)(=O)CCCNc1ncnc(Cl)c1[N+](=O)[O-]. The first-order valence-corrected chi connectivity index (χ1v) is 6.80. The second-order valence-electron chi connectivity index (χ2n) is 3.27. The van der Waals surface area contributed by atoms with Gasteiger partial charge in [-0.25, -0.2) is 23.5 Å². The maximum atomic E-state index is 10.7. The lowest BCUT2D eigenvalue weighted by Crippen LogP contribution is -2.19. The van der Waals surface area contributed by atoms with E-state index in [4.69, 9.17) is 16.7 Å². The van der Waals surface area contributed by atoms with Gasteiger partial charge in [0.1, 0.15) is 6.33 Å². The highest BCUT2D eigenvalue weighted by atomic mass is 35.5. The molecule has 0 aliphatic carbocycles. The molecular weight excluding hydrogens is 286 g/mol. The van der Waals surface area contributed by atoms with Gasteiger partial charge in [-0.1, -0.05) is 11.6 Å². The van der Waals surface area contributed by atoms with Crippen LogP contribution in [0.4, 0.5) is 11.5 Å². The quantitative estimate of drug-likeness (QED) is 0.329. The number of sulfonamides is 1. The molecule has 0 bridgehead atoms. The molecule has 3 N–H and O–H groups in total. The van der Waals surface area contributed by atoms with Gasteiger partial charge in [0.2, 0.25) is 21.0 Å². The molecule has 18 heavy (non-hydrogen) atoms. The van der Waals surface area contributed by atoms with Crippen molar-refractivity contribution in [1.82, 2.24) is 9.97 Å². The highest BCUT2D eigenvalue weighted by molar-refractivity contribution is 7.89. The third-order valence-electron chi connectivity index (χ3n) is 1.86. The van der Waals surface area contributed by atoms with Gasteiger partial charge in [-0.15, -0.1) is 0 Å². The van der Waals surface area contributed by atoms with E-state index >= 15 is 0 Å². The maximum Gasteiger partial charge on any atom is 0.348 e. The summed E-state index contributed by atoms with van der Waals surface area (Å²) in [6, 6.07) is 0. The monoisotopic (exact) mass is 295 g/mol. The van der Waals surface area contributed by atoms with Gasteiger partial charge in [-0.2, -0.15) is 0 Å². The van der Waals surface area contributed by atoms with Gasteiger partial charge in [-0.3, -0.25) is 10.1 Å². The Morgan fingerprint density at radius 2 is 2.17 bits per heavy atom. The van der Waals surface area contributed by atoms with Crippen LogP contribution in [-0.4, -0.2) is 35.6 Å². The number of anilines is 1. The van der Waals surface area contributed by atoms with E-state index in [2.05, 4.69) is 15.3 Å². The van der Waals surface area contributed by atoms with Crippen molar-refractivity contribution in [3.05, 3.63) is 21.6 Å². The van der Waals surface area contributed by atoms with E-state index < -0.39 is 20.6 Å². The molecule has 1 aromatic rings. The van der Waals surface area contributed by atoms with Crippen molar-refractivity contribution in [2.75, 3.05) is 17.6 Å². The summed E-state index contributed by atoms with van der Waals surface area (Å²) in [4.78, 5) is 17.2. The fraction of sp³-hybridized carbons (Fsp3) is 0.429. The van der Waals surface area contributed by atoms with E-state index in [0.717, 1.165) is 6.33 Å². The minimum absolute atomic E-state index is 0.0607. The molecule has 9 nitrogen and oxygen atoms in total. The Bertz CT molecular complexity index is 549. The van der Waals surface area contributed by atoms with Crippen LogP contribution in [0.15, 0.2) is 6.33 Å². The fourth-order valence-corrected chi connectivity index (χ4v) is 1.88. The first-order valence-electron chi connectivity index (χ1n) is 4.70. The molecule has 0 spiro atoms. The fourth-order valence-electron chi connectivity index (χ4n) is 1.13. The molecular formula is C7H10ClN5O4S. The summed E-state index contributed by atoms with van der Waals surface area (Å²) in [6.07, 6.45) is 1.26. The molecule has 0 saturated carbocycles. The second kappa shape index (κ2) is 5.89. The number of nitrogens with zero attached hydrogens (tertiary/aromatic N) is 3. The van der Waals surface area contributed by atoms with Gasteiger partial charge < -0.3 is 5.32 Å². The molecule has 0 aromatic carbocycles. The van der Waals surface area contributed by atoms with Crippen LogP contribution in [-0.2, 0) is 10.0 Å². The molecule has 0 aliphatic heterocycles. The molecule has 0 unspecified atom stereocenters. The van der Waals surface area contributed by atoms with Crippen molar-refractivity contribution in [1.29, 1.82) is 0 Å². The smallest absolute Gasteiger partial charge is 0.348 e. The number of hydrogen-bond acceptors (Lipinski definition) is 7. The largest absolute Gasteiger partial charge is 0.364 e. The molecule has 100 valence electrons. The lowest BCUT2D eigenvalue weighted by molar-refractivity contribution is -0.384. The third kappa shape index (κ3) is 4.39. The average molecular weight is 296 g/mol. The maximum absolute atomic E-state index is 10.7. The zero-order valence-corrected chi connectivity index (χ0v) is 10.6. The van der Waals surface area contributed by atoms with Crippen LogP contribution in [0.25, 0.3) is 0 Å². The first kappa shape index (κ1) is 14.5. The number of nitrogens with one attached hydrogen (secondary N) is 1. The van der Waals surface area contributed by atoms with Crippen molar-refractivity contribution in [3.8, 4) is 0 Å². The molecule has 0 aliphatic rings. The number of aromatic nitrogens is 2. The van der Waals surface area contributed by atoms with E-state index in [1.54, 1.807) is 0 Å². The Balaban J connectivity index is 2.68. The van der Waals surface area contributed by atoms with Crippen molar-refractivity contribution in [3.63, 3.8) is 0 Å². The van der Waals surface area contributed by atoms with Crippen LogP contribution in [0.1, 0.15) is 6.42 Å². The topological polar surface area (TPSA) is 141 Å². The Morgan fingerprint density at radius 1 is 1.50 bits per heavy atom. The van der Waals surface area contributed by atoms with E-state index in [9.17, 15) is 18.5 Å². The highest BCUT2D eigenvalue weighted by Gasteiger charge is 2.21. The molecule has 1 heterocycles. The van der Waals surface area contributed by atoms with E-state index in [0.29, 0.717) is 0 Å². The minimum atomic E-state index is -3.55. The lowest BCUT2D eigenvalue weighted by Gasteiger charge is -2.05. The number of halogens is 1. The Labute approximate surface area is 108 Å². The second-order valence-corrected chi connectivity index (χ2v) is 5.36. The van der Waals surface area contributed by atoms with E-state index in [1.165, 1.54) is 0 Å². The molecule has 0 saturated heterocycles. The van der Waals surface area contributed by atoms with Crippen LogP contribution in [0.5, 0.6) is 0 Å². The van der Waals surface area contributed by atoms with Crippen molar-refractivity contribution < 1.29 is 13.3 Å². The van der Waals surface area contributed by atoms with Crippen LogP contribution in [0.3, 0.4) is 0 Å². The number of rotatable bonds is 6. The number of nitrogens with two attached hydrogens (primary N) is 1. The average Bonchev–Trinajstić information content (AvgIpc) is 2.22. The molecule has 1 aromatic heterocycles. The lowest BCUT2D eigenvalue weighted by atomic mass is 10.4. The summed E-state index contributed by atoms with van der Waals surface area (Å²) in [5.74, 6) is -0.290. The third-order valence-corrected chi connectivity index (χ3v) is 2.99. The van der Waals surface area contributed by atoms with Crippen LogP contribution in [0, 0.1) is 10.1 Å². The van der Waals surface area contributed by atoms with Gasteiger partial charge in [0.05, 0.1) is 10.7 Å². The highest BCUT2D eigenvalue weighted by Crippen LogP contribution is 2.27. The molecule has 0 amide bonds. The van der Waals surface area contributed by atoms with Crippen molar-refractivity contribution in [2.45, 2.75) is 6.42 Å². The Hall–Kier alpha value is -1.52. The van der Waals surface area contributed by atoms with E-state index in [-0.39, 0.29) is 29.7 Å². The molecule has 11 heteroatoms. The predicted octanol–water partition coefficient (Wildman–Crippen LogP) is 0.129. The summed E-state index contributed by atoms with van der Waals surface area (Å²) < 4.78 is 21.3. The van der Waals surface area contributed by atoms with Crippen LogP contribution < -0.4 is 10.5 Å². The molecule has 1 rings (SSSR count). The number of nitro groups is 1. The van der Waals surface area contributed by atoms with Gasteiger partial charge in [-0.05, 0) is 6.42 Å². The zero-order chi connectivity index (χ0) is 13.8. The van der Waals surface area contributed by atoms with Crippen molar-refractivity contribution in [2.24, 2.45) is 5.14 Å². The molecule has 0 radical (unpaired) electrons. The van der Waals surface area contributed by atoms with E-state index in [1.807, 2.05) is 0 Å². The summed E-state index contributed by atoms with van der Waals surface area (Å²) >= 11 is 5.56. The molecule has 0 fully saturated rings. The summed E-state index contributed by atoms with van der Waals surface area (Å²) in [5.41, 5.74) is -0.449. The zero-order valence-electron chi connectivity index (χ0n) is 9.04. The first-order chi connectivity index (χ1) is 8.31. The van der Waals surface area contributed by atoms with Gasteiger partial charge in [0.25, 0.3) is 0 Å². The predicted molar refractivity (Wildman–Crippen MR) is 64.8 cm³/mol. The Kier molecular flexibility index (Phi) is 4.76. The van der Waals surface area contributed by atoms with Crippen LogP contribution in [0.2, 0.25) is 5.15 Å². The summed E-state index contributed by atoms with van der Waals surface area (Å²) in [5, 5.41) is 17.8. The van der Waals surface area contributed by atoms with Crippen LogP contribution >= 0.6 is 11.6 Å². The van der Waals surface area contributed by atoms with Gasteiger partial charge >= 0.3 is 5.69 Å². The number of primary sulfonamides is 1. The Morgan fingerprint density at radius 3 is 2.72 bits per heavy atom. The number of hydrogen-bond donors (Lipinski definition) is 2. The summed E-state index contributed by atoms with van der Waals surface area (Å²) in [6.45, 7) is 0.157. The van der Waals surface area contributed by atoms with Gasteiger partial charge in [0, 0.05) is 6.54 Å². The minimum Gasteiger partial charge on any atom is -0.364 e. The standard InChI is InChI=1S/C7H10ClN5O4S/c8-6-5(13(14)15)7(12-4-11-6)10-2-1-3-18(9,16)17/h4H,1-3H2,(H2,9,16,17)(H,10,11,12). The van der Waals surface area contributed by atoms with Crippen molar-refractivity contribution >= 4 is 33.1 Å². The molecule has 0 atom stereocenters.